The minimum atomic E-state index is -0.0544. The fourth-order valence-corrected chi connectivity index (χ4v) is 2.54. The smallest absolute Gasteiger partial charge is 0.220 e. The lowest BCUT2D eigenvalue weighted by Crippen LogP contribution is -2.29. The van der Waals surface area contributed by atoms with Gasteiger partial charge in [-0.1, -0.05) is 26.8 Å². The molecule has 3 N–H and O–H groups in total. The number of rotatable bonds is 7. The third-order valence-electron chi connectivity index (χ3n) is 3.97. The van der Waals surface area contributed by atoms with Gasteiger partial charge < -0.3 is 11.1 Å². The van der Waals surface area contributed by atoms with Crippen LogP contribution in [0.1, 0.15) is 58.7 Å². The van der Waals surface area contributed by atoms with Crippen molar-refractivity contribution in [2.24, 2.45) is 17.1 Å². The van der Waals surface area contributed by atoms with Crippen LogP contribution in [0.25, 0.3) is 0 Å². The van der Waals surface area contributed by atoms with Gasteiger partial charge in [0.15, 0.2) is 0 Å². The van der Waals surface area contributed by atoms with Gasteiger partial charge in [0.1, 0.15) is 0 Å². The minimum Gasteiger partial charge on any atom is -0.348 e. The summed E-state index contributed by atoms with van der Waals surface area (Å²) in [5, 5.41) is 3.01. The van der Waals surface area contributed by atoms with Gasteiger partial charge in [0.2, 0.25) is 5.91 Å². The van der Waals surface area contributed by atoms with Crippen LogP contribution in [0.2, 0.25) is 0 Å². The lowest BCUT2D eigenvalue weighted by molar-refractivity contribution is -0.122. The van der Waals surface area contributed by atoms with Crippen molar-refractivity contribution in [3.63, 3.8) is 0 Å². The van der Waals surface area contributed by atoms with E-state index in [-0.39, 0.29) is 17.4 Å². The van der Waals surface area contributed by atoms with Crippen molar-refractivity contribution >= 4 is 5.91 Å². The molecule has 0 fully saturated rings. The second-order valence-corrected chi connectivity index (χ2v) is 6.72. The van der Waals surface area contributed by atoms with E-state index >= 15 is 0 Å². The number of nitrogens with two attached hydrogens (primary N) is 1. The van der Waals surface area contributed by atoms with E-state index in [9.17, 15) is 4.79 Å². The maximum absolute atomic E-state index is 12.1. The van der Waals surface area contributed by atoms with Crippen molar-refractivity contribution in [3.8, 4) is 0 Å². The van der Waals surface area contributed by atoms with Gasteiger partial charge in [-0.3, -0.25) is 9.78 Å². The maximum Gasteiger partial charge on any atom is 0.220 e. The molecule has 118 valence electrons. The molecule has 0 saturated carbocycles. The van der Waals surface area contributed by atoms with E-state index in [1.54, 1.807) is 6.20 Å². The quantitative estimate of drug-likeness (QED) is 0.811. The van der Waals surface area contributed by atoms with Crippen LogP contribution in [-0.4, -0.2) is 17.4 Å². The second-order valence-electron chi connectivity index (χ2n) is 6.72. The molecule has 0 bridgehead atoms. The third kappa shape index (κ3) is 6.25. The first-order chi connectivity index (χ1) is 9.84. The number of amides is 1. The molecule has 0 radical (unpaired) electrons. The first kappa shape index (κ1) is 17.6. The number of hydrogen-bond donors (Lipinski definition) is 2. The zero-order valence-corrected chi connectivity index (χ0v) is 13.7. The van der Waals surface area contributed by atoms with E-state index in [1.807, 2.05) is 25.1 Å². The molecule has 0 aliphatic rings. The van der Waals surface area contributed by atoms with E-state index in [0.29, 0.717) is 18.9 Å². The van der Waals surface area contributed by atoms with E-state index in [2.05, 4.69) is 31.1 Å². The lowest BCUT2D eigenvalue weighted by atomic mass is 9.76. The number of nitrogens with one attached hydrogen (secondary N) is 1. The van der Waals surface area contributed by atoms with Gasteiger partial charge >= 0.3 is 0 Å². The first-order valence-corrected chi connectivity index (χ1v) is 7.75. The van der Waals surface area contributed by atoms with Gasteiger partial charge in [-0.05, 0) is 49.8 Å². The molecule has 1 heterocycles. The molecule has 2 atom stereocenters. The van der Waals surface area contributed by atoms with Gasteiger partial charge in [0.25, 0.3) is 0 Å². The summed E-state index contributed by atoms with van der Waals surface area (Å²) in [6.07, 6.45) is 4.13. The topological polar surface area (TPSA) is 68.0 Å². The fourth-order valence-electron chi connectivity index (χ4n) is 2.54. The molecule has 0 spiro atoms. The summed E-state index contributed by atoms with van der Waals surface area (Å²) in [7, 11) is 0. The molecular weight excluding hydrogens is 262 g/mol. The average molecular weight is 291 g/mol. The van der Waals surface area contributed by atoms with Crippen molar-refractivity contribution < 1.29 is 4.79 Å². The van der Waals surface area contributed by atoms with Crippen LogP contribution in [0.4, 0.5) is 0 Å². The van der Waals surface area contributed by atoms with Crippen molar-refractivity contribution in [1.82, 2.24) is 10.3 Å². The van der Waals surface area contributed by atoms with Crippen LogP contribution in [0.3, 0.4) is 0 Å². The lowest BCUT2D eigenvalue weighted by Gasteiger charge is -2.30. The number of aromatic nitrogens is 1. The molecule has 0 aliphatic carbocycles. The maximum atomic E-state index is 12.1. The molecule has 0 saturated heterocycles. The standard InChI is InChI=1S/C17H29N3O/c1-13(15-7-5-6-12-19-15)20-16(21)9-8-14(10-11-18)17(2,3)4/h5-7,12-14H,8-11,18H2,1-4H3,(H,20,21)/t13-,14?/m0/s1. The largest absolute Gasteiger partial charge is 0.348 e. The molecule has 1 aromatic heterocycles. The Kier molecular flexibility index (Phi) is 6.82. The van der Waals surface area contributed by atoms with Crippen LogP contribution < -0.4 is 11.1 Å². The van der Waals surface area contributed by atoms with E-state index in [4.69, 9.17) is 5.73 Å². The van der Waals surface area contributed by atoms with E-state index < -0.39 is 0 Å². The second kappa shape index (κ2) is 8.13. The van der Waals surface area contributed by atoms with Gasteiger partial charge in [-0.15, -0.1) is 0 Å². The van der Waals surface area contributed by atoms with Gasteiger partial charge in [0, 0.05) is 12.6 Å². The summed E-state index contributed by atoms with van der Waals surface area (Å²) in [4.78, 5) is 16.4. The van der Waals surface area contributed by atoms with Crippen molar-refractivity contribution in [1.29, 1.82) is 0 Å². The number of pyridine rings is 1. The molecule has 1 aromatic rings. The van der Waals surface area contributed by atoms with Crippen molar-refractivity contribution in [2.45, 2.75) is 53.0 Å². The summed E-state index contributed by atoms with van der Waals surface area (Å²) in [6.45, 7) is 9.26. The number of carbonyl (C=O) groups is 1. The Morgan fingerprint density at radius 1 is 1.33 bits per heavy atom. The van der Waals surface area contributed by atoms with Crippen LogP contribution in [0.15, 0.2) is 24.4 Å². The average Bonchev–Trinajstić information content (AvgIpc) is 2.43. The highest BCUT2D eigenvalue weighted by molar-refractivity contribution is 5.76. The van der Waals surface area contributed by atoms with Crippen LogP contribution >= 0.6 is 0 Å². The third-order valence-corrected chi connectivity index (χ3v) is 3.97. The Bertz CT molecular complexity index is 425. The molecule has 0 aliphatic heterocycles. The predicted molar refractivity (Wildman–Crippen MR) is 86.6 cm³/mol. The SMILES string of the molecule is C[C@H](NC(=O)CCC(CCN)C(C)(C)C)c1ccccn1. The summed E-state index contributed by atoms with van der Waals surface area (Å²) in [5.74, 6) is 0.554. The zero-order valence-electron chi connectivity index (χ0n) is 13.7. The van der Waals surface area contributed by atoms with Gasteiger partial charge in [-0.25, -0.2) is 0 Å². The number of carbonyl (C=O) groups excluding carboxylic acids is 1. The van der Waals surface area contributed by atoms with Crippen LogP contribution in [-0.2, 0) is 4.79 Å². The van der Waals surface area contributed by atoms with Gasteiger partial charge in [0.05, 0.1) is 11.7 Å². The highest BCUT2D eigenvalue weighted by atomic mass is 16.1. The summed E-state index contributed by atoms with van der Waals surface area (Å²) in [6, 6.07) is 5.68. The molecule has 0 aromatic carbocycles. The highest BCUT2D eigenvalue weighted by Crippen LogP contribution is 2.32. The Labute approximate surface area is 128 Å². The molecular formula is C17H29N3O. The first-order valence-electron chi connectivity index (χ1n) is 7.75. The van der Waals surface area contributed by atoms with Crippen LogP contribution in [0, 0.1) is 11.3 Å². The summed E-state index contributed by atoms with van der Waals surface area (Å²) >= 11 is 0. The molecule has 21 heavy (non-hydrogen) atoms. The number of nitrogens with zero attached hydrogens (tertiary/aromatic N) is 1. The van der Waals surface area contributed by atoms with Crippen molar-refractivity contribution in [3.05, 3.63) is 30.1 Å². The normalized spacial score (nSPS) is 14.5. The number of hydrogen-bond acceptors (Lipinski definition) is 3. The van der Waals surface area contributed by atoms with Crippen molar-refractivity contribution in [2.75, 3.05) is 6.54 Å². The summed E-state index contributed by atoms with van der Waals surface area (Å²) in [5.41, 5.74) is 6.76. The highest BCUT2D eigenvalue weighted by Gasteiger charge is 2.24. The predicted octanol–water partition coefficient (Wildman–Crippen LogP) is 3.05. The monoisotopic (exact) mass is 291 g/mol. The van der Waals surface area contributed by atoms with Gasteiger partial charge in [-0.2, -0.15) is 0 Å². The molecule has 1 amide bonds. The Morgan fingerprint density at radius 2 is 2.05 bits per heavy atom. The Balaban J connectivity index is 2.46. The van der Waals surface area contributed by atoms with E-state index in [0.717, 1.165) is 18.5 Å². The minimum absolute atomic E-state index is 0.0544. The van der Waals surface area contributed by atoms with E-state index in [1.165, 1.54) is 0 Å². The fraction of sp³-hybridized carbons (Fsp3) is 0.647. The molecule has 4 nitrogen and oxygen atoms in total. The van der Waals surface area contributed by atoms with Crippen LogP contribution in [0.5, 0.6) is 0 Å². The summed E-state index contributed by atoms with van der Waals surface area (Å²) < 4.78 is 0. The zero-order chi connectivity index (χ0) is 15.9. The Morgan fingerprint density at radius 3 is 2.57 bits per heavy atom. The molecule has 1 rings (SSSR count). The molecule has 4 heteroatoms. The molecule has 1 unspecified atom stereocenters. The Hall–Kier alpha value is -1.42.